The van der Waals surface area contributed by atoms with E-state index in [-0.39, 0.29) is 17.8 Å². The number of ketones is 1. The fraction of sp³-hybridized carbons (Fsp3) is 0.125. The van der Waals surface area contributed by atoms with Crippen LogP contribution >= 0.6 is 11.5 Å². The molecule has 0 saturated heterocycles. The molecule has 0 atom stereocenters. The first-order valence-electron chi connectivity index (χ1n) is 3.65. The average molecular weight is 195 g/mol. The van der Waals surface area contributed by atoms with E-state index in [1.165, 1.54) is 0 Å². The highest BCUT2D eigenvalue weighted by molar-refractivity contribution is 7.06. The molecule has 0 unspecified atom stereocenters. The van der Waals surface area contributed by atoms with Crippen LogP contribution in [0.1, 0.15) is 21.7 Å². The second-order valence-electron chi connectivity index (χ2n) is 2.63. The minimum atomic E-state index is -0.719. The number of H-pyrrole nitrogens is 1. The number of hydrogen-bond acceptors (Lipinski definition) is 4. The molecule has 1 aromatic rings. The standard InChI is InChI=1S/C8H5NO3S/c10-4-2-1-3-5-6(4)7(11)8(12)9-13-5/h1,3H,2H2,(H,9,12). The number of Topliss-reactive ketones (excluding diaryl/α,β-unsaturated/α-hetero) is 1. The number of hydrogen-bond donors (Lipinski definition) is 1. The van der Waals surface area contributed by atoms with Crippen LogP contribution in [0.5, 0.6) is 0 Å². The van der Waals surface area contributed by atoms with Crippen molar-refractivity contribution in [2.24, 2.45) is 0 Å². The Kier molecular flexibility index (Phi) is 1.73. The molecular formula is C8H5NO3S. The Morgan fingerprint density at radius 1 is 1.31 bits per heavy atom. The molecule has 0 fully saturated rings. The Morgan fingerprint density at radius 3 is 2.85 bits per heavy atom. The Hall–Kier alpha value is -1.49. The molecule has 0 radical (unpaired) electrons. The summed E-state index contributed by atoms with van der Waals surface area (Å²) in [7, 11) is 0. The average Bonchev–Trinajstić information content (AvgIpc) is 2.12. The lowest BCUT2D eigenvalue weighted by Crippen LogP contribution is -2.32. The molecule has 1 N–H and O–H groups in total. The molecule has 0 amide bonds. The number of allylic oxidation sites excluding steroid dienone is 1. The number of aromatic amines is 1. The van der Waals surface area contributed by atoms with Crippen LogP contribution in [0.2, 0.25) is 0 Å². The molecule has 5 heteroatoms. The number of carbonyl (C=O) groups is 1. The zero-order chi connectivity index (χ0) is 9.42. The molecule has 2 rings (SSSR count). The van der Waals surface area contributed by atoms with Crippen molar-refractivity contribution in [1.29, 1.82) is 0 Å². The predicted octanol–water partition coefficient (Wildman–Crippen LogP) is 0.396. The summed E-state index contributed by atoms with van der Waals surface area (Å²) in [6.45, 7) is 0. The Morgan fingerprint density at radius 2 is 2.08 bits per heavy atom. The molecule has 1 aliphatic carbocycles. The van der Waals surface area contributed by atoms with E-state index in [1.807, 2.05) is 0 Å². The highest BCUT2D eigenvalue weighted by Gasteiger charge is 2.18. The van der Waals surface area contributed by atoms with Gasteiger partial charge in [-0.25, -0.2) is 0 Å². The molecular weight excluding hydrogens is 190 g/mol. The van der Waals surface area contributed by atoms with Gasteiger partial charge >= 0.3 is 5.56 Å². The number of rotatable bonds is 0. The normalized spacial score (nSPS) is 14.3. The number of aromatic nitrogens is 1. The minimum Gasteiger partial charge on any atom is -0.294 e. The van der Waals surface area contributed by atoms with Gasteiger partial charge in [-0.2, -0.15) is 0 Å². The summed E-state index contributed by atoms with van der Waals surface area (Å²) in [5.74, 6) is -0.273. The minimum absolute atomic E-state index is 0.0382. The monoisotopic (exact) mass is 195 g/mol. The molecule has 66 valence electrons. The van der Waals surface area contributed by atoms with E-state index < -0.39 is 11.0 Å². The van der Waals surface area contributed by atoms with E-state index in [0.717, 1.165) is 11.5 Å². The van der Waals surface area contributed by atoms with Crippen molar-refractivity contribution in [3.05, 3.63) is 37.1 Å². The molecule has 0 aromatic carbocycles. The maximum absolute atomic E-state index is 11.3. The van der Waals surface area contributed by atoms with Crippen molar-refractivity contribution in [3.8, 4) is 0 Å². The quantitative estimate of drug-likeness (QED) is 0.609. The van der Waals surface area contributed by atoms with Gasteiger partial charge in [0.2, 0.25) is 0 Å². The van der Waals surface area contributed by atoms with Crippen LogP contribution in [0.15, 0.2) is 15.7 Å². The number of carbonyl (C=O) groups excluding carboxylic acids is 1. The first kappa shape index (κ1) is 8.12. The molecule has 13 heavy (non-hydrogen) atoms. The predicted molar refractivity (Wildman–Crippen MR) is 49.2 cm³/mol. The van der Waals surface area contributed by atoms with Crippen molar-refractivity contribution in [1.82, 2.24) is 4.37 Å². The maximum Gasteiger partial charge on any atom is 0.305 e. The topological polar surface area (TPSA) is 67.0 Å². The second kappa shape index (κ2) is 2.77. The third kappa shape index (κ3) is 1.17. The lowest BCUT2D eigenvalue weighted by Gasteiger charge is -2.04. The van der Waals surface area contributed by atoms with Gasteiger partial charge in [0.05, 0.1) is 10.4 Å². The van der Waals surface area contributed by atoms with Crippen molar-refractivity contribution in [2.75, 3.05) is 0 Å². The van der Waals surface area contributed by atoms with E-state index in [2.05, 4.69) is 4.37 Å². The number of fused-ring (bicyclic) bond motifs is 1. The first-order valence-corrected chi connectivity index (χ1v) is 4.47. The van der Waals surface area contributed by atoms with Crippen LogP contribution < -0.4 is 11.0 Å². The second-order valence-corrected chi connectivity index (χ2v) is 3.48. The smallest absolute Gasteiger partial charge is 0.294 e. The third-order valence-electron chi connectivity index (χ3n) is 1.78. The Balaban J connectivity index is 2.89. The molecule has 0 spiro atoms. The van der Waals surface area contributed by atoms with Crippen LogP contribution in [0.4, 0.5) is 0 Å². The van der Waals surface area contributed by atoms with Gasteiger partial charge < -0.3 is 0 Å². The van der Waals surface area contributed by atoms with Crippen molar-refractivity contribution >= 4 is 23.4 Å². The van der Waals surface area contributed by atoms with Gasteiger partial charge in [0.15, 0.2) is 5.78 Å². The summed E-state index contributed by atoms with van der Waals surface area (Å²) in [5, 5.41) is 0. The molecule has 4 nitrogen and oxygen atoms in total. The molecule has 0 aliphatic heterocycles. The molecule has 0 saturated carbocycles. The van der Waals surface area contributed by atoms with Crippen molar-refractivity contribution < 1.29 is 4.79 Å². The molecule has 1 heterocycles. The summed E-state index contributed by atoms with van der Waals surface area (Å²) in [6.07, 6.45) is 3.57. The molecule has 1 aliphatic rings. The molecule has 1 aromatic heterocycles. The maximum atomic E-state index is 11.3. The lowest BCUT2D eigenvalue weighted by atomic mass is 10.0. The van der Waals surface area contributed by atoms with Crippen LogP contribution in [0, 0.1) is 0 Å². The van der Waals surface area contributed by atoms with Crippen LogP contribution in [-0.2, 0) is 0 Å². The van der Waals surface area contributed by atoms with Gasteiger partial charge in [0, 0.05) is 6.42 Å². The van der Waals surface area contributed by atoms with E-state index in [4.69, 9.17) is 0 Å². The van der Waals surface area contributed by atoms with E-state index >= 15 is 0 Å². The fourth-order valence-corrected chi connectivity index (χ4v) is 1.95. The van der Waals surface area contributed by atoms with E-state index in [9.17, 15) is 14.4 Å². The largest absolute Gasteiger partial charge is 0.305 e. The van der Waals surface area contributed by atoms with Gasteiger partial charge in [-0.05, 0) is 6.08 Å². The highest BCUT2D eigenvalue weighted by Crippen LogP contribution is 2.16. The Labute approximate surface area is 76.7 Å². The zero-order valence-electron chi connectivity index (χ0n) is 6.49. The van der Waals surface area contributed by atoms with Crippen molar-refractivity contribution in [3.63, 3.8) is 0 Å². The third-order valence-corrected chi connectivity index (χ3v) is 2.63. The summed E-state index contributed by atoms with van der Waals surface area (Å²) in [4.78, 5) is 33.9. The first-order chi connectivity index (χ1) is 6.20. The molecule has 0 bridgehead atoms. The SMILES string of the molecule is O=C1CC=Cc2s[nH]c(=O)c(=O)c21. The van der Waals surface area contributed by atoms with Gasteiger partial charge in [-0.3, -0.25) is 18.8 Å². The van der Waals surface area contributed by atoms with Crippen LogP contribution in [0.3, 0.4) is 0 Å². The zero-order valence-corrected chi connectivity index (χ0v) is 7.31. The number of nitrogens with one attached hydrogen (secondary N) is 1. The van der Waals surface area contributed by atoms with Gasteiger partial charge in [0.25, 0.3) is 5.43 Å². The van der Waals surface area contributed by atoms with E-state index in [0.29, 0.717) is 4.88 Å². The van der Waals surface area contributed by atoms with Crippen molar-refractivity contribution in [2.45, 2.75) is 6.42 Å². The summed E-state index contributed by atoms with van der Waals surface area (Å²) < 4.78 is 2.32. The fourth-order valence-electron chi connectivity index (χ4n) is 1.18. The Bertz CT molecular complexity index is 509. The highest BCUT2D eigenvalue weighted by atomic mass is 32.1. The van der Waals surface area contributed by atoms with Gasteiger partial charge in [-0.1, -0.05) is 17.6 Å². The van der Waals surface area contributed by atoms with Crippen LogP contribution in [-0.4, -0.2) is 10.2 Å². The van der Waals surface area contributed by atoms with E-state index in [1.54, 1.807) is 12.2 Å². The summed E-state index contributed by atoms with van der Waals surface area (Å²) in [5.41, 5.74) is -1.40. The lowest BCUT2D eigenvalue weighted by molar-refractivity contribution is 0.0993. The van der Waals surface area contributed by atoms with Crippen LogP contribution in [0.25, 0.3) is 6.08 Å². The summed E-state index contributed by atoms with van der Waals surface area (Å²) in [6, 6.07) is 0. The summed E-state index contributed by atoms with van der Waals surface area (Å²) >= 11 is 1.01. The van der Waals surface area contributed by atoms with Gasteiger partial charge in [-0.15, -0.1) is 0 Å². The van der Waals surface area contributed by atoms with Gasteiger partial charge in [0.1, 0.15) is 0 Å².